The first-order chi connectivity index (χ1) is 8.70. The highest BCUT2D eigenvalue weighted by atomic mass is 32.2. The average Bonchev–Trinajstić information content (AvgIpc) is 2.24. The molecule has 1 rings (SSSR count). The lowest BCUT2D eigenvalue weighted by atomic mass is 10.1. The third-order valence-corrected chi connectivity index (χ3v) is 3.34. The van der Waals surface area contributed by atoms with E-state index in [1.165, 1.54) is 11.8 Å². The summed E-state index contributed by atoms with van der Waals surface area (Å²) in [6.07, 6.45) is 1.73. The van der Waals surface area contributed by atoms with Crippen LogP contribution in [0.1, 0.15) is 46.2 Å². The molecule has 0 atom stereocenters. The van der Waals surface area contributed by atoms with Crippen molar-refractivity contribution in [1.29, 1.82) is 0 Å². The topological polar surface area (TPSA) is 65.2 Å². The molecule has 5 heteroatoms. The molecule has 0 spiro atoms. The van der Waals surface area contributed by atoms with Gasteiger partial charge in [0.2, 0.25) is 0 Å². The van der Waals surface area contributed by atoms with Crippen LogP contribution >= 0.6 is 11.8 Å². The van der Waals surface area contributed by atoms with Gasteiger partial charge < -0.3 is 10.5 Å². The maximum atomic E-state index is 11.7. The van der Waals surface area contributed by atoms with E-state index >= 15 is 0 Å². The number of carbonyl (C=O) groups is 1. The van der Waals surface area contributed by atoms with Gasteiger partial charge in [-0.15, -0.1) is 11.8 Å². The Labute approximate surface area is 119 Å². The third kappa shape index (κ3) is 5.11. The molecule has 0 bridgehead atoms. The molecule has 0 saturated carbocycles. The number of anilines is 1. The fraction of sp³-hybridized carbons (Fsp3) is 0.571. The first-order valence-electron chi connectivity index (χ1n) is 6.29. The zero-order valence-corrected chi connectivity index (χ0v) is 13.0. The second-order valence-electron chi connectivity index (χ2n) is 5.64. The Balaban J connectivity index is 2.69. The van der Waals surface area contributed by atoms with Crippen molar-refractivity contribution in [2.45, 2.75) is 51.0 Å². The van der Waals surface area contributed by atoms with E-state index in [1.807, 2.05) is 40.7 Å². The quantitative estimate of drug-likeness (QED) is 0.678. The summed E-state index contributed by atoms with van der Waals surface area (Å²) >= 11 is 1.39. The Bertz CT molecular complexity index is 453. The smallest absolute Gasteiger partial charge is 0.316 e. The minimum atomic E-state index is -0.454. The molecule has 19 heavy (non-hydrogen) atoms. The van der Waals surface area contributed by atoms with Crippen LogP contribution in [0.4, 0.5) is 5.69 Å². The van der Waals surface area contributed by atoms with Gasteiger partial charge in [-0.25, -0.2) is 0 Å². The lowest BCUT2D eigenvalue weighted by Gasteiger charge is -2.19. The first-order valence-corrected chi connectivity index (χ1v) is 7.28. The van der Waals surface area contributed by atoms with Gasteiger partial charge in [0, 0.05) is 11.1 Å². The summed E-state index contributed by atoms with van der Waals surface area (Å²) in [5, 5.41) is 0. The predicted octanol–water partition coefficient (Wildman–Crippen LogP) is 3.22. The van der Waals surface area contributed by atoms with Gasteiger partial charge in [-0.3, -0.25) is 9.78 Å². The molecule has 0 aromatic carbocycles. The largest absolute Gasteiger partial charge is 0.459 e. The summed E-state index contributed by atoms with van der Waals surface area (Å²) < 4.78 is 5.26. The van der Waals surface area contributed by atoms with Crippen LogP contribution in [0.3, 0.4) is 0 Å². The van der Waals surface area contributed by atoms with Gasteiger partial charge in [0.25, 0.3) is 0 Å². The van der Waals surface area contributed by atoms with Crippen LogP contribution in [0.5, 0.6) is 0 Å². The Kier molecular flexibility index (Phi) is 5.23. The van der Waals surface area contributed by atoms with Gasteiger partial charge in [-0.1, -0.05) is 13.8 Å². The van der Waals surface area contributed by atoms with Crippen molar-refractivity contribution in [3.63, 3.8) is 0 Å². The normalized spacial score (nSPS) is 11.7. The second kappa shape index (κ2) is 6.28. The molecule has 0 aliphatic heterocycles. The van der Waals surface area contributed by atoms with Crippen LogP contribution < -0.4 is 5.73 Å². The summed E-state index contributed by atoms with van der Waals surface area (Å²) in [6.45, 7) is 9.65. The number of nitrogens with two attached hydrogens (primary N) is 1. The van der Waals surface area contributed by atoms with Crippen molar-refractivity contribution < 1.29 is 9.53 Å². The zero-order valence-electron chi connectivity index (χ0n) is 12.2. The minimum Gasteiger partial charge on any atom is -0.459 e. The number of nitrogens with zero attached hydrogens (tertiary/aromatic N) is 1. The molecule has 0 radical (unpaired) electrons. The van der Waals surface area contributed by atoms with E-state index in [0.29, 0.717) is 5.69 Å². The Morgan fingerprint density at radius 3 is 2.63 bits per heavy atom. The van der Waals surface area contributed by atoms with Gasteiger partial charge >= 0.3 is 5.97 Å². The molecule has 0 fully saturated rings. The van der Waals surface area contributed by atoms with Crippen molar-refractivity contribution in [3.8, 4) is 0 Å². The van der Waals surface area contributed by atoms with Crippen molar-refractivity contribution in [2.75, 3.05) is 11.5 Å². The highest BCUT2D eigenvalue weighted by molar-refractivity contribution is 8.00. The third-order valence-electron chi connectivity index (χ3n) is 2.29. The Morgan fingerprint density at radius 1 is 1.47 bits per heavy atom. The number of aromatic nitrogens is 1. The standard InChI is InChI=1S/C14H22N2O2S/c1-9(2)13-12(15)10(6-7-16-13)19-8-11(17)18-14(3,4)5/h6-7,9H,8,15H2,1-5H3. The molecular weight excluding hydrogens is 260 g/mol. The number of carbonyl (C=O) groups excluding carboxylic acids is 1. The number of hydrogen-bond donors (Lipinski definition) is 1. The van der Waals surface area contributed by atoms with Gasteiger partial charge in [0.1, 0.15) is 5.60 Å². The number of rotatable bonds is 4. The summed E-state index contributed by atoms with van der Waals surface area (Å²) in [7, 11) is 0. The molecule has 0 saturated heterocycles. The van der Waals surface area contributed by atoms with E-state index in [1.54, 1.807) is 6.20 Å². The maximum Gasteiger partial charge on any atom is 0.316 e. The van der Waals surface area contributed by atoms with Crippen LogP contribution in [-0.2, 0) is 9.53 Å². The van der Waals surface area contributed by atoms with Crippen LogP contribution in [0.2, 0.25) is 0 Å². The molecule has 4 nitrogen and oxygen atoms in total. The minimum absolute atomic E-state index is 0.236. The number of pyridine rings is 1. The van der Waals surface area contributed by atoms with E-state index in [2.05, 4.69) is 4.98 Å². The monoisotopic (exact) mass is 282 g/mol. The summed E-state index contributed by atoms with van der Waals surface area (Å²) in [6, 6.07) is 1.83. The van der Waals surface area contributed by atoms with Crippen LogP contribution in [0.15, 0.2) is 17.2 Å². The van der Waals surface area contributed by atoms with Gasteiger partial charge in [0.15, 0.2) is 0 Å². The van der Waals surface area contributed by atoms with Crippen LogP contribution in [0, 0.1) is 0 Å². The molecule has 0 aliphatic carbocycles. The first kappa shape index (κ1) is 15.8. The zero-order chi connectivity index (χ0) is 14.6. The number of ether oxygens (including phenoxy) is 1. The van der Waals surface area contributed by atoms with E-state index in [9.17, 15) is 4.79 Å². The highest BCUT2D eigenvalue weighted by Crippen LogP contribution is 2.30. The molecule has 0 amide bonds. The van der Waals surface area contributed by atoms with Gasteiger partial charge in [-0.2, -0.15) is 0 Å². The lowest BCUT2D eigenvalue weighted by molar-refractivity contribution is -0.151. The fourth-order valence-corrected chi connectivity index (χ4v) is 2.31. The Hall–Kier alpha value is -1.23. The summed E-state index contributed by atoms with van der Waals surface area (Å²) in [5.74, 6) is 0.283. The predicted molar refractivity (Wildman–Crippen MR) is 79.3 cm³/mol. The number of nitrogen functional groups attached to an aromatic ring is 1. The Morgan fingerprint density at radius 2 is 2.11 bits per heavy atom. The number of thioether (sulfide) groups is 1. The summed E-state index contributed by atoms with van der Waals surface area (Å²) in [5.41, 5.74) is 7.14. The van der Waals surface area contributed by atoms with Crippen molar-refractivity contribution in [2.24, 2.45) is 0 Å². The van der Waals surface area contributed by atoms with Gasteiger partial charge in [-0.05, 0) is 32.8 Å². The molecule has 1 heterocycles. The summed E-state index contributed by atoms with van der Waals surface area (Å²) in [4.78, 5) is 16.8. The van der Waals surface area contributed by atoms with Crippen LogP contribution in [-0.4, -0.2) is 22.3 Å². The SMILES string of the molecule is CC(C)c1nccc(SCC(=O)OC(C)(C)C)c1N. The lowest BCUT2D eigenvalue weighted by Crippen LogP contribution is -2.24. The van der Waals surface area contributed by atoms with Crippen LogP contribution in [0.25, 0.3) is 0 Å². The molecule has 106 valence electrons. The van der Waals surface area contributed by atoms with E-state index < -0.39 is 5.60 Å². The van der Waals surface area contributed by atoms with E-state index in [4.69, 9.17) is 10.5 Å². The van der Waals surface area contributed by atoms with Crippen molar-refractivity contribution in [1.82, 2.24) is 4.98 Å². The molecule has 1 aromatic heterocycles. The van der Waals surface area contributed by atoms with Crippen molar-refractivity contribution >= 4 is 23.4 Å². The number of hydrogen-bond acceptors (Lipinski definition) is 5. The molecule has 0 aliphatic rings. The molecule has 1 aromatic rings. The molecule has 0 unspecified atom stereocenters. The van der Waals surface area contributed by atoms with E-state index in [-0.39, 0.29) is 17.6 Å². The second-order valence-corrected chi connectivity index (χ2v) is 6.65. The number of esters is 1. The molecular formula is C14H22N2O2S. The highest BCUT2D eigenvalue weighted by Gasteiger charge is 2.17. The maximum absolute atomic E-state index is 11.7. The average molecular weight is 282 g/mol. The van der Waals surface area contributed by atoms with Crippen molar-refractivity contribution in [3.05, 3.63) is 18.0 Å². The van der Waals surface area contributed by atoms with Gasteiger partial charge in [0.05, 0.1) is 17.1 Å². The molecule has 2 N–H and O–H groups in total. The van der Waals surface area contributed by atoms with E-state index in [0.717, 1.165) is 10.6 Å². The fourth-order valence-electron chi connectivity index (χ4n) is 1.56.